The summed E-state index contributed by atoms with van der Waals surface area (Å²) in [5.41, 5.74) is 1.67. The molecule has 2 aromatic rings. The van der Waals surface area contributed by atoms with Crippen molar-refractivity contribution in [3.63, 3.8) is 0 Å². The van der Waals surface area contributed by atoms with Crippen LogP contribution in [0.15, 0.2) is 18.2 Å². The highest BCUT2D eigenvalue weighted by Gasteiger charge is 2.14. The first-order chi connectivity index (χ1) is 9.13. The number of fused-ring (bicyclic) bond motifs is 1. The topological polar surface area (TPSA) is 56.3 Å². The van der Waals surface area contributed by atoms with E-state index in [1.165, 1.54) is 0 Å². The summed E-state index contributed by atoms with van der Waals surface area (Å²) < 4.78 is 10.6. The molecule has 1 aromatic carbocycles. The molecule has 0 radical (unpaired) electrons. The molecular formula is C13H12ClN3O2. The SMILES string of the molecule is Cc1nc(Cl)c(C)c(Nc2ccc3c(c2)OCO3)n1. The van der Waals surface area contributed by atoms with Crippen LogP contribution in [0.4, 0.5) is 11.5 Å². The van der Waals surface area contributed by atoms with Gasteiger partial charge in [0.05, 0.1) is 0 Å². The van der Waals surface area contributed by atoms with Crippen molar-refractivity contribution >= 4 is 23.1 Å². The van der Waals surface area contributed by atoms with Crippen LogP contribution < -0.4 is 14.8 Å². The molecule has 0 amide bonds. The van der Waals surface area contributed by atoms with Crippen LogP contribution in [-0.4, -0.2) is 16.8 Å². The third kappa shape index (κ3) is 2.29. The van der Waals surface area contributed by atoms with E-state index >= 15 is 0 Å². The van der Waals surface area contributed by atoms with E-state index in [4.69, 9.17) is 21.1 Å². The first-order valence-electron chi connectivity index (χ1n) is 5.81. The van der Waals surface area contributed by atoms with Gasteiger partial charge in [-0.25, -0.2) is 9.97 Å². The van der Waals surface area contributed by atoms with Crippen LogP contribution in [0.5, 0.6) is 11.5 Å². The van der Waals surface area contributed by atoms with E-state index in [0.29, 0.717) is 16.8 Å². The van der Waals surface area contributed by atoms with Crippen LogP contribution in [0.2, 0.25) is 5.15 Å². The van der Waals surface area contributed by atoms with Crippen molar-refractivity contribution in [2.75, 3.05) is 12.1 Å². The Morgan fingerprint density at radius 3 is 2.79 bits per heavy atom. The summed E-state index contributed by atoms with van der Waals surface area (Å²) in [5, 5.41) is 3.67. The molecule has 1 aliphatic heterocycles. The number of nitrogens with one attached hydrogen (secondary N) is 1. The summed E-state index contributed by atoms with van der Waals surface area (Å²) in [6.07, 6.45) is 0. The lowest BCUT2D eigenvalue weighted by molar-refractivity contribution is 0.174. The number of aromatic nitrogens is 2. The summed E-state index contributed by atoms with van der Waals surface area (Å²) in [4.78, 5) is 8.45. The van der Waals surface area contributed by atoms with Crippen LogP contribution >= 0.6 is 11.6 Å². The first kappa shape index (κ1) is 12.0. The summed E-state index contributed by atoms with van der Waals surface area (Å²) in [6.45, 7) is 3.93. The normalized spacial score (nSPS) is 12.6. The molecule has 6 heteroatoms. The van der Waals surface area contributed by atoms with Crippen LogP contribution in [0, 0.1) is 13.8 Å². The fraction of sp³-hybridized carbons (Fsp3) is 0.231. The van der Waals surface area contributed by atoms with Gasteiger partial charge in [0, 0.05) is 17.3 Å². The lowest BCUT2D eigenvalue weighted by Crippen LogP contribution is -2.01. The molecule has 0 bridgehead atoms. The fourth-order valence-electron chi connectivity index (χ4n) is 1.83. The minimum Gasteiger partial charge on any atom is -0.454 e. The van der Waals surface area contributed by atoms with Gasteiger partial charge in [-0.1, -0.05) is 11.6 Å². The molecule has 0 saturated heterocycles. The van der Waals surface area contributed by atoms with Gasteiger partial charge in [-0.05, 0) is 26.0 Å². The highest BCUT2D eigenvalue weighted by molar-refractivity contribution is 6.30. The van der Waals surface area contributed by atoms with E-state index in [2.05, 4.69) is 15.3 Å². The van der Waals surface area contributed by atoms with Gasteiger partial charge in [0.2, 0.25) is 6.79 Å². The Hall–Kier alpha value is -2.01. The predicted molar refractivity (Wildman–Crippen MR) is 72.4 cm³/mol. The van der Waals surface area contributed by atoms with Crippen molar-refractivity contribution in [1.82, 2.24) is 9.97 Å². The molecule has 1 N–H and O–H groups in total. The molecule has 0 saturated carbocycles. The van der Waals surface area contributed by atoms with Crippen LogP contribution in [0.25, 0.3) is 0 Å². The van der Waals surface area contributed by atoms with Crippen molar-refractivity contribution in [1.29, 1.82) is 0 Å². The molecule has 5 nitrogen and oxygen atoms in total. The molecular weight excluding hydrogens is 266 g/mol. The first-order valence-corrected chi connectivity index (χ1v) is 6.19. The number of hydrogen-bond donors (Lipinski definition) is 1. The third-order valence-corrected chi connectivity index (χ3v) is 3.20. The van der Waals surface area contributed by atoms with E-state index < -0.39 is 0 Å². The van der Waals surface area contributed by atoms with Gasteiger partial charge in [0.1, 0.15) is 16.8 Å². The Bertz CT molecular complexity index is 646. The highest BCUT2D eigenvalue weighted by atomic mass is 35.5. The smallest absolute Gasteiger partial charge is 0.231 e. The number of rotatable bonds is 2. The van der Waals surface area contributed by atoms with Crippen molar-refractivity contribution < 1.29 is 9.47 Å². The Morgan fingerprint density at radius 2 is 1.95 bits per heavy atom. The van der Waals surface area contributed by atoms with Gasteiger partial charge in [-0.15, -0.1) is 0 Å². The van der Waals surface area contributed by atoms with Gasteiger partial charge < -0.3 is 14.8 Å². The van der Waals surface area contributed by atoms with Crippen LogP contribution in [0.1, 0.15) is 11.4 Å². The highest BCUT2D eigenvalue weighted by Crippen LogP contribution is 2.35. The second-order valence-corrected chi connectivity index (χ2v) is 4.59. The van der Waals surface area contributed by atoms with Crippen molar-refractivity contribution in [3.8, 4) is 11.5 Å². The predicted octanol–water partition coefficient (Wildman–Crippen LogP) is 3.22. The maximum atomic E-state index is 6.04. The van der Waals surface area contributed by atoms with Gasteiger partial charge >= 0.3 is 0 Å². The quantitative estimate of drug-likeness (QED) is 0.854. The second kappa shape index (κ2) is 4.59. The second-order valence-electron chi connectivity index (χ2n) is 4.23. The number of nitrogens with zero attached hydrogens (tertiary/aromatic N) is 2. The molecule has 3 rings (SSSR count). The average Bonchev–Trinajstić information content (AvgIpc) is 2.82. The number of aryl methyl sites for hydroxylation is 1. The Labute approximate surface area is 115 Å². The maximum absolute atomic E-state index is 6.04. The van der Waals surface area contributed by atoms with E-state index in [0.717, 1.165) is 22.7 Å². The minimum absolute atomic E-state index is 0.260. The van der Waals surface area contributed by atoms with Crippen LogP contribution in [-0.2, 0) is 0 Å². The summed E-state index contributed by atoms with van der Waals surface area (Å²) in [7, 11) is 0. The van der Waals surface area contributed by atoms with Gasteiger partial charge in [0.15, 0.2) is 11.5 Å². The number of hydrogen-bond acceptors (Lipinski definition) is 5. The minimum atomic E-state index is 0.260. The van der Waals surface area contributed by atoms with Crippen molar-refractivity contribution in [2.24, 2.45) is 0 Å². The zero-order valence-electron chi connectivity index (χ0n) is 10.5. The molecule has 2 heterocycles. The number of benzene rings is 1. The monoisotopic (exact) mass is 277 g/mol. The zero-order valence-corrected chi connectivity index (χ0v) is 11.3. The van der Waals surface area contributed by atoms with E-state index in [-0.39, 0.29) is 6.79 Å². The Morgan fingerprint density at radius 1 is 1.16 bits per heavy atom. The lowest BCUT2D eigenvalue weighted by Gasteiger charge is -2.10. The van der Waals surface area contributed by atoms with Crippen LogP contribution in [0.3, 0.4) is 0 Å². The van der Waals surface area contributed by atoms with E-state index in [9.17, 15) is 0 Å². The summed E-state index contributed by atoms with van der Waals surface area (Å²) >= 11 is 6.04. The van der Waals surface area contributed by atoms with Gasteiger partial charge in [0.25, 0.3) is 0 Å². The number of anilines is 2. The van der Waals surface area contributed by atoms with Gasteiger partial charge in [-0.3, -0.25) is 0 Å². The zero-order chi connectivity index (χ0) is 13.4. The number of ether oxygens (including phenoxy) is 2. The number of halogens is 1. The average molecular weight is 278 g/mol. The fourth-order valence-corrected chi connectivity index (χ4v) is 2.04. The van der Waals surface area contributed by atoms with E-state index in [1.807, 2.05) is 25.1 Å². The summed E-state index contributed by atoms with van der Waals surface area (Å²) in [5.74, 6) is 2.79. The molecule has 19 heavy (non-hydrogen) atoms. The molecule has 0 aliphatic carbocycles. The molecule has 0 spiro atoms. The third-order valence-electron chi connectivity index (χ3n) is 2.83. The molecule has 0 unspecified atom stereocenters. The molecule has 98 valence electrons. The van der Waals surface area contributed by atoms with Crippen molar-refractivity contribution in [2.45, 2.75) is 13.8 Å². The standard InChI is InChI=1S/C13H12ClN3O2/c1-7-12(14)15-8(2)16-13(7)17-9-3-4-10-11(5-9)19-6-18-10/h3-5H,6H2,1-2H3,(H,15,16,17). The molecule has 1 aliphatic rings. The summed E-state index contributed by atoms with van der Waals surface area (Å²) in [6, 6.07) is 5.63. The lowest BCUT2D eigenvalue weighted by atomic mass is 10.2. The Kier molecular flexibility index (Phi) is 2.91. The Balaban J connectivity index is 1.93. The molecule has 0 atom stereocenters. The largest absolute Gasteiger partial charge is 0.454 e. The van der Waals surface area contributed by atoms with E-state index in [1.54, 1.807) is 6.92 Å². The van der Waals surface area contributed by atoms with Gasteiger partial charge in [-0.2, -0.15) is 0 Å². The maximum Gasteiger partial charge on any atom is 0.231 e. The van der Waals surface area contributed by atoms with Crippen molar-refractivity contribution in [3.05, 3.63) is 34.7 Å². The molecule has 0 fully saturated rings. The molecule has 1 aromatic heterocycles.